The van der Waals surface area contributed by atoms with E-state index in [-0.39, 0.29) is 16.6 Å². The lowest BCUT2D eigenvalue weighted by molar-refractivity contribution is -0.114. The summed E-state index contributed by atoms with van der Waals surface area (Å²) in [6, 6.07) is 1.55. The number of ether oxygens (including phenoxy) is 1. The highest BCUT2D eigenvalue weighted by atomic mass is 35.5. The Morgan fingerprint density at radius 2 is 2.10 bits per heavy atom. The summed E-state index contributed by atoms with van der Waals surface area (Å²) in [7, 11) is 2.99. The first kappa shape index (κ1) is 15.0. The largest absolute Gasteiger partial charge is 0.465 e. The molecule has 110 valence electrons. The number of hydrogen-bond acceptors (Lipinski definition) is 5. The van der Waals surface area contributed by atoms with Crippen molar-refractivity contribution in [1.29, 1.82) is 0 Å². The second-order valence-electron chi connectivity index (χ2n) is 4.30. The summed E-state index contributed by atoms with van der Waals surface area (Å²) in [6.45, 7) is 1.38. The van der Waals surface area contributed by atoms with Crippen LogP contribution in [0.2, 0.25) is 5.15 Å². The minimum atomic E-state index is -0.523. The summed E-state index contributed by atoms with van der Waals surface area (Å²) >= 11 is 6.08. The van der Waals surface area contributed by atoms with Crippen LogP contribution in [0.15, 0.2) is 18.5 Å². The molecule has 0 atom stereocenters. The van der Waals surface area contributed by atoms with Crippen LogP contribution in [0.4, 0.5) is 5.82 Å². The van der Waals surface area contributed by atoms with Gasteiger partial charge in [0.1, 0.15) is 5.15 Å². The first-order chi connectivity index (χ1) is 9.92. The van der Waals surface area contributed by atoms with Gasteiger partial charge in [0, 0.05) is 37.5 Å². The summed E-state index contributed by atoms with van der Waals surface area (Å²) in [6.07, 6.45) is 3.00. The molecule has 0 aliphatic heterocycles. The van der Waals surface area contributed by atoms with Crippen molar-refractivity contribution in [3.05, 3.63) is 29.2 Å². The molecule has 0 saturated carbocycles. The first-order valence-corrected chi connectivity index (χ1v) is 6.35. The Bertz CT molecular complexity index is 711. The molecule has 1 amide bonds. The van der Waals surface area contributed by atoms with Gasteiger partial charge in [0.15, 0.2) is 5.82 Å². The fourth-order valence-corrected chi connectivity index (χ4v) is 2.02. The molecule has 0 spiro atoms. The van der Waals surface area contributed by atoms with Gasteiger partial charge in [-0.1, -0.05) is 11.6 Å². The molecule has 2 rings (SSSR count). The Morgan fingerprint density at radius 3 is 2.71 bits per heavy atom. The van der Waals surface area contributed by atoms with E-state index >= 15 is 0 Å². The van der Waals surface area contributed by atoms with Crippen LogP contribution in [-0.2, 0) is 16.6 Å². The highest BCUT2D eigenvalue weighted by Crippen LogP contribution is 2.32. The lowest BCUT2D eigenvalue weighted by atomic mass is 10.1. The number of amides is 1. The standard InChI is InChI=1S/C13H13ClN4O3/c1-7(19)16-12-10(6-18(2)17-12)9-4-8(13(20)21-3)5-15-11(9)14/h4-6H,1-3H3,(H,16,17,19). The second kappa shape index (κ2) is 5.92. The summed E-state index contributed by atoms with van der Waals surface area (Å²) in [5.74, 6) is -0.441. The fraction of sp³-hybridized carbons (Fsp3) is 0.231. The number of carbonyl (C=O) groups is 2. The van der Waals surface area contributed by atoms with Gasteiger partial charge in [-0.3, -0.25) is 9.48 Å². The van der Waals surface area contributed by atoms with Crippen LogP contribution in [0.3, 0.4) is 0 Å². The normalized spacial score (nSPS) is 10.3. The zero-order valence-electron chi connectivity index (χ0n) is 11.7. The van der Waals surface area contributed by atoms with Gasteiger partial charge in [-0.25, -0.2) is 9.78 Å². The Balaban J connectivity index is 2.55. The molecular weight excluding hydrogens is 296 g/mol. The summed E-state index contributed by atoms with van der Waals surface area (Å²) in [5, 5.41) is 6.95. The zero-order valence-corrected chi connectivity index (χ0v) is 12.4. The van der Waals surface area contributed by atoms with Gasteiger partial charge in [-0.15, -0.1) is 0 Å². The number of aromatic nitrogens is 3. The van der Waals surface area contributed by atoms with Crippen molar-refractivity contribution in [2.24, 2.45) is 7.05 Å². The summed E-state index contributed by atoms with van der Waals surface area (Å²) in [4.78, 5) is 26.8. The van der Waals surface area contributed by atoms with Crippen molar-refractivity contribution < 1.29 is 14.3 Å². The van der Waals surface area contributed by atoms with Crippen LogP contribution in [0.1, 0.15) is 17.3 Å². The van der Waals surface area contributed by atoms with Gasteiger partial charge < -0.3 is 10.1 Å². The van der Waals surface area contributed by atoms with E-state index in [4.69, 9.17) is 11.6 Å². The number of hydrogen-bond donors (Lipinski definition) is 1. The number of nitrogens with zero attached hydrogens (tertiary/aromatic N) is 3. The van der Waals surface area contributed by atoms with Gasteiger partial charge in [-0.05, 0) is 6.07 Å². The zero-order chi connectivity index (χ0) is 15.6. The van der Waals surface area contributed by atoms with Gasteiger partial charge >= 0.3 is 5.97 Å². The van der Waals surface area contributed by atoms with Crippen LogP contribution < -0.4 is 5.32 Å². The van der Waals surface area contributed by atoms with Gasteiger partial charge in [-0.2, -0.15) is 5.10 Å². The average Bonchev–Trinajstić information content (AvgIpc) is 2.78. The van der Waals surface area contributed by atoms with E-state index in [9.17, 15) is 9.59 Å². The quantitative estimate of drug-likeness (QED) is 0.691. The van der Waals surface area contributed by atoms with Crippen molar-refractivity contribution in [3.8, 4) is 11.1 Å². The molecule has 1 N–H and O–H groups in total. The predicted octanol–water partition coefficient (Wildman–Crippen LogP) is 1.88. The lowest BCUT2D eigenvalue weighted by Crippen LogP contribution is -2.08. The number of anilines is 1. The van der Waals surface area contributed by atoms with Crippen molar-refractivity contribution in [2.75, 3.05) is 12.4 Å². The predicted molar refractivity (Wildman–Crippen MR) is 77.1 cm³/mol. The minimum absolute atomic E-state index is 0.197. The van der Waals surface area contributed by atoms with Crippen molar-refractivity contribution in [1.82, 2.24) is 14.8 Å². The molecule has 2 aromatic rings. The van der Waals surface area contributed by atoms with Crippen LogP contribution >= 0.6 is 11.6 Å². The van der Waals surface area contributed by atoms with E-state index in [2.05, 4.69) is 20.1 Å². The molecule has 2 aromatic heterocycles. The molecule has 0 aliphatic carbocycles. The fourth-order valence-electron chi connectivity index (χ4n) is 1.81. The Labute approximate surface area is 125 Å². The van der Waals surface area contributed by atoms with E-state index in [1.807, 2.05) is 0 Å². The van der Waals surface area contributed by atoms with E-state index in [0.717, 1.165) is 0 Å². The van der Waals surface area contributed by atoms with E-state index in [1.165, 1.54) is 24.9 Å². The average molecular weight is 309 g/mol. The molecule has 8 heteroatoms. The number of esters is 1. The number of pyridine rings is 1. The Morgan fingerprint density at radius 1 is 1.38 bits per heavy atom. The van der Waals surface area contributed by atoms with Gasteiger partial charge in [0.25, 0.3) is 0 Å². The number of rotatable bonds is 3. The maximum absolute atomic E-state index is 11.6. The Kier molecular flexibility index (Phi) is 4.23. The van der Waals surface area contributed by atoms with E-state index in [0.29, 0.717) is 16.9 Å². The summed E-state index contributed by atoms with van der Waals surface area (Å²) < 4.78 is 6.18. The van der Waals surface area contributed by atoms with E-state index < -0.39 is 5.97 Å². The third-order valence-corrected chi connectivity index (χ3v) is 2.97. The smallest absolute Gasteiger partial charge is 0.339 e. The number of carbonyl (C=O) groups excluding carboxylic acids is 2. The molecule has 0 aromatic carbocycles. The van der Waals surface area contributed by atoms with Crippen molar-refractivity contribution in [3.63, 3.8) is 0 Å². The molecule has 0 fully saturated rings. The SMILES string of the molecule is COC(=O)c1cnc(Cl)c(-c2cn(C)nc2NC(C)=O)c1. The van der Waals surface area contributed by atoms with Gasteiger partial charge in [0.2, 0.25) is 5.91 Å². The monoisotopic (exact) mass is 308 g/mol. The molecule has 0 saturated heterocycles. The molecular formula is C13H13ClN4O3. The summed E-state index contributed by atoms with van der Waals surface area (Å²) in [5.41, 5.74) is 1.31. The first-order valence-electron chi connectivity index (χ1n) is 5.98. The number of aryl methyl sites for hydroxylation is 1. The minimum Gasteiger partial charge on any atom is -0.465 e. The molecule has 0 aliphatic rings. The molecule has 21 heavy (non-hydrogen) atoms. The second-order valence-corrected chi connectivity index (χ2v) is 4.66. The molecule has 0 radical (unpaired) electrons. The van der Waals surface area contributed by atoms with Crippen LogP contribution in [-0.4, -0.2) is 33.8 Å². The molecule has 0 unspecified atom stereocenters. The number of halogens is 1. The highest BCUT2D eigenvalue weighted by molar-refractivity contribution is 6.32. The Hall–Kier alpha value is -2.41. The van der Waals surface area contributed by atoms with Crippen molar-refractivity contribution >= 4 is 29.3 Å². The topological polar surface area (TPSA) is 86.1 Å². The maximum Gasteiger partial charge on any atom is 0.339 e. The number of methoxy groups -OCH3 is 1. The number of nitrogens with one attached hydrogen (secondary N) is 1. The highest BCUT2D eigenvalue weighted by Gasteiger charge is 2.17. The van der Waals surface area contributed by atoms with Crippen molar-refractivity contribution in [2.45, 2.75) is 6.92 Å². The molecule has 7 nitrogen and oxygen atoms in total. The third-order valence-electron chi connectivity index (χ3n) is 2.67. The maximum atomic E-state index is 11.6. The van der Waals surface area contributed by atoms with Gasteiger partial charge in [0.05, 0.1) is 12.7 Å². The third kappa shape index (κ3) is 3.19. The van der Waals surface area contributed by atoms with E-state index in [1.54, 1.807) is 19.3 Å². The van der Waals surface area contributed by atoms with Crippen LogP contribution in [0.5, 0.6) is 0 Å². The molecule has 2 heterocycles. The van der Waals surface area contributed by atoms with Crippen LogP contribution in [0, 0.1) is 0 Å². The lowest BCUT2D eigenvalue weighted by Gasteiger charge is -2.06. The van der Waals surface area contributed by atoms with Crippen LogP contribution in [0.25, 0.3) is 11.1 Å². The molecule has 0 bridgehead atoms.